The number of ether oxygens (including phenoxy) is 2. The average molecular weight is 379 g/mol. The van der Waals surface area contributed by atoms with Gasteiger partial charge in [-0.25, -0.2) is 0 Å². The van der Waals surface area contributed by atoms with Gasteiger partial charge < -0.3 is 14.8 Å². The Bertz CT molecular complexity index is 740. The van der Waals surface area contributed by atoms with Crippen LogP contribution in [0.15, 0.2) is 24.3 Å². The van der Waals surface area contributed by atoms with Crippen LogP contribution in [0.5, 0.6) is 5.75 Å². The summed E-state index contributed by atoms with van der Waals surface area (Å²) in [6, 6.07) is 9.96. The zero-order chi connectivity index (χ0) is 17.5. The monoisotopic (exact) mass is 378 g/mol. The number of aromatic nitrogens is 1. The Hall–Kier alpha value is -1.85. The molecule has 0 aliphatic carbocycles. The first-order valence-corrected chi connectivity index (χ1v) is 9.23. The minimum absolute atomic E-state index is 0.241. The van der Waals surface area contributed by atoms with Crippen molar-refractivity contribution >= 4 is 28.1 Å². The standard InChI is InChI=1S/C17H19ClN4O2S/c18-16-14(11-19)17(25-21-16)20-12-13-3-1-2-4-15(13)24-10-7-22-5-8-23-9-6-22/h1-4,20H,5-10,12H2. The topological polar surface area (TPSA) is 70.4 Å². The maximum atomic E-state index is 9.13. The van der Waals surface area contributed by atoms with Crippen molar-refractivity contribution in [3.8, 4) is 11.8 Å². The SMILES string of the molecule is N#Cc1c(Cl)nsc1NCc1ccccc1OCCN1CCOCC1. The van der Waals surface area contributed by atoms with Gasteiger partial charge in [0.05, 0.1) is 13.2 Å². The van der Waals surface area contributed by atoms with Crippen LogP contribution in [-0.2, 0) is 11.3 Å². The van der Waals surface area contributed by atoms with Crippen LogP contribution < -0.4 is 10.1 Å². The van der Waals surface area contributed by atoms with Crippen molar-refractivity contribution in [3.63, 3.8) is 0 Å². The zero-order valence-electron chi connectivity index (χ0n) is 13.7. The number of nitriles is 1. The van der Waals surface area contributed by atoms with Crippen molar-refractivity contribution in [1.82, 2.24) is 9.27 Å². The van der Waals surface area contributed by atoms with Gasteiger partial charge in [-0.1, -0.05) is 29.8 Å². The molecule has 0 amide bonds. The molecule has 1 aromatic heterocycles. The van der Waals surface area contributed by atoms with E-state index in [2.05, 4.69) is 20.7 Å². The van der Waals surface area contributed by atoms with E-state index >= 15 is 0 Å². The molecule has 132 valence electrons. The molecular formula is C17H19ClN4O2S. The van der Waals surface area contributed by atoms with E-state index in [-0.39, 0.29) is 5.15 Å². The lowest BCUT2D eigenvalue weighted by atomic mass is 10.2. The fourth-order valence-corrected chi connectivity index (χ4v) is 3.49. The zero-order valence-corrected chi connectivity index (χ0v) is 15.3. The van der Waals surface area contributed by atoms with Crippen LogP contribution in [0.1, 0.15) is 11.1 Å². The number of halogens is 1. The van der Waals surface area contributed by atoms with E-state index in [1.54, 1.807) is 0 Å². The van der Waals surface area contributed by atoms with Crippen molar-refractivity contribution in [2.45, 2.75) is 6.54 Å². The lowest BCUT2D eigenvalue weighted by Crippen LogP contribution is -2.38. The van der Waals surface area contributed by atoms with E-state index in [0.717, 1.165) is 44.2 Å². The third-order valence-electron chi connectivity index (χ3n) is 3.94. The molecule has 1 fully saturated rings. The van der Waals surface area contributed by atoms with Gasteiger partial charge in [-0.05, 0) is 17.6 Å². The number of nitrogens with one attached hydrogen (secondary N) is 1. The summed E-state index contributed by atoms with van der Waals surface area (Å²) in [5.41, 5.74) is 1.41. The largest absolute Gasteiger partial charge is 0.492 e. The molecule has 0 unspecified atom stereocenters. The van der Waals surface area contributed by atoms with Crippen LogP contribution in [-0.4, -0.2) is 48.7 Å². The van der Waals surface area contributed by atoms with Gasteiger partial charge in [-0.2, -0.15) is 9.64 Å². The average Bonchev–Trinajstić information content (AvgIpc) is 3.01. The van der Waals surface area contributed by atoms with Crippen LogP contribution in [0.2, 0.25) is 5.15 Å². The molecule has 0 radical (unpaired) electrons. The third-order valence-corrected chi connectivity index (χ3v) is 5.12. The summed E-state index contributed by atoms with van der Waals surface area (Å²) in [6.07, 6.45) is 0. The summed E-state index contributed by atoms with van der Waals surface area (Å²) in [4.78, 5) is 2.34. The Labute approximate surface area is 156 Å². The van der Waals surface area contributed by atoms with Crippen LogP contribution in [0.3, 0.4) is 0 Å². The van der Waals surface area contributed by atoms with E-state index in [4.69, 9.17) is 26.3 Å². The van der Waals surface area contributed by atoms with Gasteiger partial charge >= 0.3 is 0 Å². The number of rotatable bonds is 7. The second-order valence-electron chi connectivity index (χ2n) is 5.55. The van der Waals surface area contributed by atoms with Gasteiger partial charge in [0.25, 0.3) is 0 Å². The lowest BCUT2D eigenvalue weighted by Gasteiger charge is -2.26. The smallest absolute Gasteiger partial charge is 0.162 e. The highest BCUT2D eigenvalue weighted by Crippen LogP contribution is 2.28. The Morgan fingerprint density at radius 2 is 2.16 bits per heavy atom. The quantitative estimate of drug-likeness (QED) is 0.798. The summed E-state index contributed by atoms with van der Waals surface area (Å²) in [5, 5.41) is 13.3. The minimum Gasteiger partial charge on any atom is -0.492 e. The highest BCUT2D eigenvalue weighted by molar-refractivity contribution is 7.10. The molecule has 1 aromatic carbocycles. The van der Waals surface area contributed by atoms with Crippen LogP contribution in [0, 0.1) is 11.3 Å². The second kappa shape index (κ2) is 9.02. The molecule has 1 N–H and O–H groups in total. The molecule has 0 spiro atoms. The molecule has 0 atom stereocenters. The number of morpholine rings is 1. The van der Waals surface area contributed by atoms with E-state index in [1.165, 1.54) is 11.5 Å². The number of para-hydroxylation sites is 1. The Balaban J connectivity index is 1.56. The number of nitrogens with zero attached hydrogens (tertiary/aromatic N) is 3. The molecule has 1 saturated heterocycles. The summed E-state index contributed by atoms with van der Waals surface area (Å²) in [7, 11) is 0. The highest BCUT2D eigenvalue weighted by Gasteiger charge is 2.13. The van der Waals surface area contributed by atoms with Crippen molar-refractivity contribution in [2.24, 2.45) is 0 Å². The van der Waals surface area contributed by atoms with Crippen LogP contribution in [0.25, 0.3) is 0 Å². The predicted octanol–water partition coefficient (Wildman–Crippen LogP) is 2.99. The summed E-state index contributed by atoms with van der Waals surface area (Å²) in [5.74, 6) is 0.845. The van der Waals surface area contributed by atoms with Crippen molar-refractivity contribution < 1.29 is 9.47 Å². The molecule has 2 aromatic rings. The van der Waals surface area contributed by atoms with Gasteiger partial charge in [0.2, 0.25) is 0 Å². The van der Waals surface area contributed by atoms with Crippen molar-refractivity contribution in [1.29, 1.82) is 5.26 Å². The molecule has 25 heavy (non-hydrogen) atoms. The molecule has 3 rings (SSSR count). The van der Waals surface area contributed by atoms with E-state index in [0.29, 0.717) is 23.7 Å². The van der Waals surface area contributed by atoms with Crippen molar-refractivity contribution in [3.05, 3.63) is 40.5 Å². The predicted molar refractivity (Wildman–Crippen MR) is 98.4 cm³/mol. The van der Waals surface area contributed by atoms with Crippen LogP contribution >= 0.6 is 23.1 Å². The van der Waals surface area contributed by atoms with Crippen LogP contribution in [0.4, 0.5) is 5.00 Å². The van der Waals surface area contributed by atoms with E-state index < -0.39 is 0 Å². The molecular weight excluding hydrogens is 360 g/mol. The molecule has 6 nitrogen and oxygen atoms in total. The molecule has 1 aliphatic rings. The highest BCUT2D eigenvalue weighted by atomic mass is 35.5. The van der Waals surface area contributed by atoms with Gasteiger partial charge in [0, 0.05) is 31.7 Å². The fourth-order valence-electron chi connectivity index (χ4n) is 2.56. The maximum absolute atomic E-state index is 9.13. The van der Waals surface area contributed by atoms with Crippen molar-refractivity contribution in [2.75, 3.05) is 44.8 Å². The molecule has 1 aliphatic heterocycles. The first kappa shape index (κ1) is 18.0. The normalized spacial score (nSPS) is 14.9. The van der Waals surface area contributed by atoms with Gasteiger partial charge in [0.1, 0.15) is 29.0 Å². The Morgan fingerprint density at radius 1 is 1.36 bits per heavy atom. The molecule has 0 bridgehead atoms. The van der Waals surface area contributed by atoms with Gasteiger partial charge in [-0.15, -0.1) is 0 Å². The number of benzene rings is 1. The third kappa shape index (κ3) is 4.83. The molecule has 2 heterocycles. The number of anilines is 1. The first-order valence-electron chi connectivity index (χ1n) is 8.08. The summed E-state index contributed by atoms with van der Waals surface area (Å²) >= 11 is 7.09. The maximum Gasteiger partial charge on any atom is 0.162 e. The Kier molecular flexibility index (Phi) is 6.48. The lowest BCUT2D eigenvalue weighted by molar-refractivity contribution is 0.0322. The number of hydrogen-bond acceptors (Lipinski definition) is 7. The second-order valence-corrected chi connectivity index (χ2v) is 6.68. The number of hydrogen-bond donors (Lipinski definition) is 1. The summed E-state index contributed by atoms with van der Waals surface area (Å²) < 4.78 is 15.3. The minimum atomic E-state index is 0.241. The van der Waals surface area contributed by atoms with Gasteiger partial charge in [0.15, 0.2) is 5.15 Å². The van der Waals surface area contributed by atoms with Gasteiger partial charge in [-0.3, -0.25) is 4.90 Å². The first-order chi connectivity index (χ1) is 12.3. The Morgan fingerprint density at radius 3 is 2.96 bits per heavy atom. The fraction of sp³-hybridized carbons (Fsp3) is 0.412. The molecule has 0 saturated carbocycles. The van der Waals surface area contributed by atoms with E-state index in [9.17, 15) is 0 Å². The molecule has 8 heteroatoms. The van der Waals surface area contributed by atoms with E-state index in [1.807, 2.05) is 24.3 Å². The summed E-state index contributed by atoms with van der Waals surface area (Å²) in [6.45, 7) is 5.55.